The number of carbonyl (C=O) groups excluding carboxylic acids is 4. The highest BCUT2D eigenvalue weighted by Gasteiger charge is 2.51. The molecule has 15 nitrogen and oxygen atoms in total. The second-order valence-electron chi connectivity index (χ2n) is 17.0. The van der Waals surface area contributed by atoms with Gasteiger partial charge in [0.15, 0.2) is 5.78 Å². The molecule has 0 radical (unpaired) electrons. The van der Waals surface area contributed by atoms with Gasteiger partial charge >= 0.3 is 12.2 Å². The van der Waals surface area contributed by atoms with E-state index in [1.165, 1.54) is 14.2 Å². The van der Waals surface area contributed by atoms with Crippen LogP contribution in [-0.4, -0.2) is 93.1 Å². The Balaban J connectivity index is 1.07. The number of amides is 3. The van der Waals surface area contributed by atoms with Gasteiger partial charge in [-0.15, -0.1) is 0 Å². The Morgan fingerprint density at radius 3 is 2.08 bits per heavy atom. The van der Waals surface area contributed by atoms with Gasteiger partial charge in [0.1, 0.15) is 23.2 Å². The van der Waals surface area contributed by atoms with Crippen LogP contribution in [0.2, 0.25) is 0 Å². The normalized spacial score (nSPS) is 21.3. The Morgan fingerprint density at radius 2 is 1.43 bits per heavy atom. The highest BCUT2D eigenvalue weighted by Crippen LogP contribution is 2.38. The van der Waals surface area contributed by atoms with Crippen molar-refractivity contribution >= 4 is 34.8 Å². The van der Waals surface area contributed by atoms with Crippen molar-refractivity contribution in [2.45, 2.75) is 78.0 Å². The minimum Gasteiger partial charge on any atom is -0.453 e. The van der Waals surface area contributed by atoms with Crippen LogP contribution in [0.5, 0.6) is 0 Å². The Kier molecular flexibility index (Phi) is 12.1. The first kappa shape index (κ1) is 42.0. The Labute approximate surface area is 349 Å². The van der Waals surface area contributed by atoms with E-state index in [9.17, 15) is 19.2 Å². The molecule has 5 aromatic rings. The van der Waals surface area contributed by atoms with Crippen LogP contribution in [0.3, 0.4) is 0 Å². The third-order valence-electron chi connectivity index (χ3n) is 11.8. The fourth-order valence-corrected chi connectivity index (χ4v) is 8.53. The van der Waals surface area contributed by atoms with Crippen LogP contribution in [0, 0.1) is 23.7 Å². The largest absolute Gasteiger partial charge is 0.453 e. The summed E-state index contributed by atoms with van der Waals surface area (Å²) in [4.78, 5) is 75.2. The van der Waals surface area contributed by atoms with Crippen LogP contribution in [0.25, 0.3) is 44.7 Å². The van der Waals surface area contributed by atoms with Gasteiger partial charge in [-0.3, -0.25) is 14.9 Å². The van der Waals surface area contributed by atoms with E-state index in [1.54, 1.807) is 12.4 Å². The number of alkyl carbamates (subject to hydrolysis) is 2. The molecule has 2 aliphatic rings. The summed E-state index contributed by atoms with van der Waals surface area (Å²) in [6.07, 6.45) is 3.52. The number of methoxy groups -OCH3 is 2. The van der Waals surface area contributed by atoms with Gasteiger partial charge in [0, 0.05) is 11.9 Å². The summed E-state index contributed by atoms with van der Waals surface area (Å²) in [6.45, 7) is 13.0. The van der Waals surface area contributed by atoms with Crippen molar-refractivity contribution < 1.29 is 28.7 Å². The van der Waals surface area contributed by atoms with Gasteiger partial charge in [-0.2, -0.15) is 0 Å². The quantitative estimate of drug-likeness (QED) is 0.0899. The Hall–Kier alpha value is -6.09. The highest BCUT2D eigenvalue weighted by molar-refractivity contribution is 5.96. The van der Waals surface area contributed by atoms with Gasteiger partial charge < -0.3 is 35.0 Å². The molecule has 15 heteroatoms. The number of aromatic amines is 2. The number of pyridine rings is 1. The smallest absolute Gasteiger partial charge is 0.407 e. The molecule has 60 heavy (non-hydrogen) atoms. The van der Waals surface area contributed by atoms with E-state index in [0.717, 1.165) is 51.1 Å². The number of nitrogens with zero attached hydrogens (tertiary/aromatic N) is 4. The fraction of sp³-hybridized carbons (Fsp3) is 0.444. The summed E-state index contributed by atoms with van der Waals surface area (Å²) in [6, 6.07) is 16.6. The van der Waals surface area contributed by atoms with Gasteiger partial charge in [0.25, 0.3) is 0 Å². The summed E-state index contributed by atoms with van der Waals surface area (Å²) >= 11 is 0. The second kappa shape index (κ2) is 17.3. The molecule has 6 atom stereocenters. The lowest BCUT2D eigenvalue weighted by Gasteiger charge is -2.32. The van der Waals surface area contributed by atoms with Crippen LogP contribution in [0.15, 0.2) is 67.0 Å². The monoisotopic (exact) mass is 817 g/mol. The van der Waals surface area contributed by atoms with Crippen molar-refractivity contribution in [3.8, 4) is 33.8 Å². The molecule has 0 unspecified atom stereocenters. The molecule has 0 spiro atoms. The number of likely N-dealkylation sites (tertiary alicyclic amines) is 1. The number of rotatable bonds is 12. The third-order valence-corrected chi connectivity index (χ3v) is 11.8. The average Bonchev–Trinajstić information content (AvgIpc) is 4.08. The van der Waals surface area contributed by atoms with E-state index in [0.29, 0.717) is 31.2 Å². The van der Waals surface area contributed by atoms with Crippen LogP contribution >= 0.6 is 0 Å². The first-order valence-corrected chi connectivity index (χ1v) is 20.6. The van der Waals surface area contributed by atoms with E-state index in [-0.39, 0.29) is 41.4 Å². The van der Waals surface area contributed by atoms with Crippen molar-refractivity contribution in [3.63, 3.8) is 0 Å². The number of ether oxygens (including phenoxy) is 2. The number of hydrogen-bond donors (Lipinski definition) is 5. The Morgan fingerprint density at radius 1 is 0.783 bits per heavy atom. The molecule has 0 saturated carbocycles. The molecule has 5 heterocycles. The number of H-pyrrole nitrogens is 2. The van der Waals surface area contributed by atoms with Gasteiger partial charge in [-0.05, 0) is 77.9 Å². The number of nitrogens with one attached hydrogen (secondary N) is 5. The molecule has 0 bridgehead atoms. The predicted molar refractivity (Wildman–Crippen MR) is 227 cm³/mol. The van der Waals surface area contributed by atoms with E-state index in [1.807, 2.05) is 69.0 Å². The zero-order valence-corrected chi connectivity index (χ0v) is 35.5. The number of imidazole rings is 2. The third kappa shape index (κ3) is 8.35. The van der Waals surface area contributed by atoms with Crippen molar-refractivity contribution in [2.75, 3.05) is 27.3 Å². The lowest BCUT2D eigenvalue weighted by molar-refractivity contribution is -0.135. The van der Waals surface area contributed by atoms with Gasteiger partial charge in [0.2, 0.25) is 5.91 Å². The predicted octanol–water partition coefficient (Wildman–Crippen LogP) is 6.75. The Bertz CT molecular complexity index is 2370. The molecular formula is C45H55N9O6. The van der Waals surface area contributed by atoms with Crippen molar-refractivity contribution in [3.05, 3.63) is 78.6 Å². The van der Waals surface area contributed by atoms with Crippen LogP contribution in [0.4, 0.5) is 9.59 Å². The minimum atomic E-state index is -1.08. The molecule has 7 rings (SSSR count). The second-order valence-corrected chi connectivity index (χ2v) is 17.0. The standard InChI is InChI=1S/C45H55N9O6/c1-24(2)37(52-43(57)59-7)39(55)45(19-27(6)20-48-45)42-47-21-34(51-42)29-11-9-28(10-12-29)30-13-15-32-31(18-30)14-16-33(49-32)35-22-46-40(50-35)36-17-26(5)23-54(36)41(56)38(25(3)4)53-44(58)60-8/h9-16,18,21-22,24-27,36-38,48H,17,19-20,23H2,1-8H3,(H,46,50)(H,47,51)(H,52,57)(H,53,58)/t26-,27-,36-,37-,38-,45+/m0/s1. The number of ketones is 1. The van der Waals surface area contributed by atoms with E-state index in [2.05, 4.69) is 58.0 Å². The van der Waals surface area contributed by atoms with Gasteiger partial charge in [-0.25, -0.2) is 24.5 Å². The van der Waals surface area contributed by atoms with Gasteiger partial charge in [0.05, 0.1) is 61.3 Å². The molecular weight excluding hydrogens is 763 g/mol. The molecule has 3 aromatic heterocycles. The summed E-state index contributed by atoms with van der Waals surface area (Å²) in [5.41, 5.74) is 4.99. The topological polar surface area (TPSA) is 196 Å². The van der Waals surface area contributed by atoms with Crippen LogP contribution in [0.1, 0.15) is 72.1 Å². The highest BCUT2D eigenvalue weighted by atomic mass is 16.5. The summed E-state index contributed by atoms with van der Waals surface area (Å²) < 4.78 is 9.61. The number of benzene rings is 2. The maximum absolute atomic E-state index is 14.2. The molecule has 2 aliphatic heterocycles. The van der Waals surface area contributed by atoms with Crippen LogP contribution < -0.4 is 16.0 Å². The van der Waals surface area contributed by atoms with Crippen molar-refractivity contribution in [1.82, 2.24) is 45.8 Å². The number of aromatic nitrogens is 5. The average molecular weight is 818 g/mol. The molecule has 316 valence electrons. The van der Waals surface area contributed by atoms with E-state index >= 15 is 0 Å². The fourth-order valence-electron chi connectivity index (χ4n) is 8.53. The first-order chi connectivity index (χ1) is 28.7. The van der Waals surface area contributed by atoms with Crippen molar-refractivity contribution in [1.29, 1.82) is 0 Å². The zero-order valence-electron chi connectivity index (χ0n) is 35.5. The van der Waals surface area contributed by atoms with Crippen LogP contribution in [-0.2, 0) is 24.6 Å². The summed E-state index contributed by atoms with van der Waals surface area (Å²) in [5.74, 6) is 1.10. The number of hydrogen-bond acceptors (Lipinski definition) is 10. The van der Waals surface area contributed by atoms with Gasteiger partial charge in [-0.1, -0.05) is 77.9 Å². The maximum atomic E-state index is 14.2. The zero-order chi connectivity index (χ0) is 42.9. The number of carbonyl (C=O) groups is 4. The molecule has 0 aliphatic carbocycles. The molecule has 5 N–H and O–H groups in total. The van der Waals surface area contributed by atoms with E-state index in [4.69, 9.17) is 24.4 Å². The summed E-state index contributed by atoms with van der Waals surface area (Å²) in [7, 11) is 2.57. The first-order valence-electron chi connectivity index (χ1n) is 20.6. The SMILES string of the molecule is COC(=O)N[C@H](C(=O)N1C[C@@H](C)C[C@H]1c1ncc(-c2ccc3cc(-c4ccc(-c5cnc([C@]6(C(=O)[C@@H](NC(=O)OC)C(C)C)C[C@H](C)CN6)[nH]5)cc4)ccc3n2)[nH]1)C(C)C. The lowest BCUT2D eigenvalue weighted by atomic mass is 9.81. The van der Waals surface area contributed by atoms with Crippen molar-refractivity contribution in [2.24, 2.45) is 23.7 Å². The molecule has 3 amide bonds. The molecule has 2 saturated heterocycles. The minimum absolute atomic E-state index is 0.128. The van der Waals surface area contributed by atoms with E-state index < -0.39 is 29.8 Å². The number of Topliss-reactive ketones (excluding diaryl/α,β-unsaturated/α-hetero) is 1. The molecule has 2 aromatic carbocycles. The molecule has 2 fully saturated rings. The maximum Gasteiger partial charge on any atom is 0.407 e. The number of fused-ring (bicyclic) bond motifs is 1. The summed E-state index contributed by atoms with van der Waals surface area (Å²) in [5, 5.41) is 9.87. The lowest BCUT2D eigenvalue weighted by Crippen LogP contribution is -2.57.